The molecule has 0 aromatic heterocycles. The minimum absolute atomic E-state index is 0.0571. The maximum absolute atomic E-state index is 12.5. The predicted octanol–water partition coefficient (Wildman–Crippen LogP) is 3.23. The zero-order chi connectivity index (χ0) is 11.3. The summed E-state index contributed by atoms with van der Waals surface area (Å²) in [6.45, 7) is 0.836. The van der Waals surface area contributed by atoms with Crippen molar-refractivity contribution in [2.24, 2.45) is 0 Å². The summed E-state index contributed by atoms with van der Waals surface area (Å²) in [5, 5.41) is 0. The van der Waals surface area contributed by atoms with E-state index in [9.17, 15) is 13.6 Å². The van der Waals surface area contributed by atoms with Crippen molar-refractivity contribution in [3.8, 4) is 0 Å². The van der Waals surface area contributed by atoms with Crippen LogP contribution >= 0.6 is 0 Å². The maximum atomic E-state index is 12.5. The number of carbonyl (C=O) groups excluding carboxylic acids is 1. The Labute approximate surface area is 88.1 Å². The Bertz CT molecular complexity index is 314. The van der Waals surface area contributed by atoms with E-state index in [2.05, 4.69) is 0 Å². The third-order valence-corrected chi connectivity index (χ3v) is 2.09. The van der Waals surface area contributed by atoms with Crippen LogP contribution in [0.25, 0.3) is 0 Å². The molecule has 0 spiro atoms. The Hall–Kier alpha value is -1.25. The lowest BCUT2D eigenvalue weighted by molar-refractivity contribution is -0.120. The van der Waals surface area contributed by atoms with Gasteiger partial charge in [-0.2, -0.15) is 0 Å². The van der Waals surface area contributed by atoms with E-state index in [0.717, 1.165) is 12.5 Å². The topological polar surface area (TPSA) is 17.1 Å². The molecule has 1 aromatic carbocycles. The van der Waals surface area contributed by atoms with Crippen molar-refractivity contribution < 1.29 is 13.6 Å². The van der Waals surface area contributed by atoms with Crippen molar-refractivity contribution in [2.45, 2.75) is 32.1 Å². The van der Waals surface area contributed by atoms with E-state index in [1.54, 1.807) is 0 Å². The fourth-order valence-electron chi connectivity index (χ4n) is 1.27. The number of halogens is 2. The van der Waals surface area contributed by atoms with Crippen molar-refractivity contribution in [1.82, 2.24) is 0 Å². The van der Waals surface area contributed by atoms with Gasteiger partial charge in [0.1, 0.15) is 5.78 Å². The van der Waals surface area contributed by atoms with E-state index < -0.39 is 5.92 Å². The van der Waals surface area contributed by atoms with Crippen molar-refractivity contribution >= 4 is 5.78 Å². The highest BCUT2D eigenvalue weighted by Gasteiger charge is 2.21. The van der Waals surface area contributed by atoms with Gasteiger partial charge in [0, 0.05) is 19.3 Å². The molecular weight excluding hydrogens is 198 g/mol. The van der Waals surface area contributed by atoms with Gasteiger partial charge in [-0.15, -0.1) is 0 Å². The van der Waals surface area contributed by atoms with Crippen molar-refractivity contribution in [1.29, 1.82) is 0 Å². The van der Waals surface area contributed by atoms with Crippen LogP contribution in [0.1, 0.15) is 25.3 Å². The van der Waals surface area contributed by atoms with Gasteiger partial charge in [-0.25, -0.2) is 8.78 Å². The Kier molecular flexibility index (Phi) is 3.95. The molecular formula is C12H14F2O. The normalized spacial score (nSPS) is 11.4. The molecule has 0 aliphatic heterocycles. The second-order valence-corrected chi connectivity index (χ2v) is 3.77. The monoisotopic (exact) mass is 212 g/mol. The molecule has 1 nitrogen and oxygen atoms in total. The van der Waals surface area contributed by atoms with Crippen molar-refractivity contribution in [3.63, 3.8) is 0 Å². The average Bonchev–Trinajstić information content (AvgIpc) is 2.15. The third-order valence-electron chi connectivity index (χ3n) is 2.09. The van der Waals surface area contributed by atoms with Gasteiger partial charge in [0.25, 0.3) is 0 Å². The Morgan fingerprint density at radius 2 is 1.87 bits per heavy atom. The summed E-state index contributed by atoms with van der Waals surface area (Å²) in [6.07, 6.45) is -0.173. The number of carbonyl (C=O) groups is 1. The number of hydrogen-bond donors (Lipinski definition) is 0. The van der Waals surface area contributed by atoms with Crippen LogP contribution in [0, 0.1) is 0 Å². The number of hydrogen-bond acceptors (Lipinski definition) is 1. The van der Waals surface area contributed by atoms with Crippen LogP contribution in [0.3, 0.4) is 0 Å². The van der Waals surface area contributed by atoms with Gasteiger partial charge >= 0.3 is 0 Å². The summed E-state index contributed by atoms with van der Waals surface area (Å²) in [6, 6.07) is 9.16. The third kappa shape index (κ3) is 5.25. The fraction of sp³-hybridized carbons (Fsp3) is 0.417. The largest absolute Gasteiger partial charge is 0.299 e. The first-order valence-corrected chi connectivity index (χ1v) is 4.91. The number of alkyl halides is 2. The van der Waals surface area contributed by atoms with Gasteiger partial charge in [0.2, 0.25) is 5.92 Å². The van der Waals surface area contributed by atoms with E-state index in [-0.39, 0.29) is 25.0 Å². The smallest absolute Gasteiger partial charge is 0.245 e. The lowest BCUT2D eigenvalue weighted by Crippen LogP contribution is -2.13. The lowest BCUT2D eigenvalue weighted by atomic mass is 10.0. The second kappa shape index (κ2) is 5.01. The molecule has 0 atom stereocenters. The number of rotatable bonds is 5. The molecule has 1 rings (SSSR count). The Morgan fingerprint density at radius 1 is 1.27 bits per heavy atom. The van der Waals surface area contributed by atoms with Gasteiger partial charge < -0.3 is 0 Å². The van der Waals surface area contributed by atoms with E-state index in [0.29, 0.717) is 0 Å². The van der Waals surface area contributed by atoms with E-state index >= 15 is 0 Å². The second-order valence-electron chi connectivity index (χ2n) is 3.77. The molecule has 0 saturated heterocycles. The molecule has 0 amide bonds. The highest BCUT2D eigenvalue weighted by atomic mass is 19.3. The van der Waals surface area contributed by atoms with Gasteiger partial charge in [-0.3, -0.25) is 4.79 Å². The number of Topliss-reactive ketones (excluding diaryl/α,β-unsaturated/α-hetero) is 1. The SMILES string of the molecule is CC(F)(F)CCC(=O)Cc1ccccc1. The number of ketones is 1. The number of benzene rings is 1. The molecule has 0 fully saturated rings. The molecule has 82 valence electrons. The molecule has 3 heteroatoms. The molecule has 0 saturated carbocycles. The first kappa shape index (κ1) is 11.8. The highest BCUT2D eigenvalue weighted by molar-refractivity contribution is 5.80. The average molecular weight is 212 g/mol. The quantitative estimate of drug-likeness (QED) is 0.732. The molecule has 0 aliphatic carbocycles. The highest BCUT2D eigenvalue weighted by Crippen LogP contribution is 2.19. The predicted molar refractivity (Wildman–Crippen MR) is 55.0 cm³/mol. The Balaban J connectivity index is 2.38. The van der Waals surface area contributed by atoms with Gasteiger partial charge in [-0.1, -0.05) is 30.3 Å². The molecule has 0 unspecified atom stereocenters. The first-order valence-electron chi connectivity index (χ1n) is 4.91. The standard InChI is InChI=1S/C12H14F2O/c1-12(13,14)8-7-11(15)9-10-5-3-2-4-6-10/h2-6H,7-9H2,1H3. The van der Waals surface area contributed by atoms with Crippen LogP contribution < -0.4 is 0 Å². The van der Waals surface area contributed by atoms with Gasteiger partial charge in [0.15, 0.2) is 0 Å². The molecule has 1 aromatic rings. The van der Waals surface area contributed by atoms with Crippen LogP contribution in [-0.2, 0) is 11.2 Å². The minimum Gasteiger partial charge on any atom is -0.299 e. The van der Waals surface area contributed by atoms with Crippen molar-refractivity contribution in [3.05, 3.63) is 35.9 Å². The van der Waals surface area contributed by atoms with Gasteiger partial charge in [-0.05, 0) is 12.5 Å². The summed E-state index contributed by atoms with van der Waals surface area (Å²) in [5.74, 6) is -2.88. The zero-order valence-corrected chi connectivity index (χ0v) is 8.67. The summed E-state index contributed by atoms with van der Waals surface area (Å²) >= 11 is 0. The fourth-order valence-corrected chi connectivity index (χ4v) is 1.27. The zero-order valence-electron chi connectivity index (χ0n) is 8.67. The molecule has 0 radical (unpaired) electrons. The molecule has 0 N–H and O–H groups in total. The molecule has 0 bridgehead atoms. The van der Waals surface area contributed by atoms with Crippen LogP contribution in [0.4, 0.5) is 8.78 Å². The van der Waals surface area contributed by atoms with E-state index in [1.807, 2.05) is 30.3 Å². The maximum Gasteiger partial charge on any atom is 0.245 e. The lowest BCUT2D eigenvalue weighted by Gasteiger charge is -2.08. The first-order chi connectivity index (χ1) is 6.97. The van der Waals surface area contributed by atoms with Crippen molar-refractivity contribution in [2.75, 3.05) is 0 Å². The minimum atomic E-state index is -2.74. The van der Waals surface area contributed by atoms with Crippen LogP contribution in [-0.4, -0.2) is 11.7 Å². The Morgan fingerprint density at radius 3 is 2.40 bits per heavy atom. The summed E-state index contributed by atoms with van der Waals surface area (Å²) in [7, 11) is 0. The van der Waals surface area contributed by atoms with E-state index in [1.165, 1.54) is 0 Å². The van der Waals surface area contributed by atoms with Crippen LogP contribution in [0.5, 0.6) is 0 Å². The molecule has 15 heavy (non-hydrogen) atoms. The van der Waals surface area contributed by atoms with Crippen LogP contribution in [0.2, 0.25) is 0 Å². The van der Waals surface area contributed by atoms with E-state index in [4.69, 9.17) is 0 Å². The molecule has 0 heterocycles. The molecule has 0 aliphatic rings. The summed E-state index contributed by atoms with van der Waals surface area (Å²) < 4.78 is 24.9. The van der Waals surface area contributed by atoms with Crippen LogP contribution in [0.15, 0.2) is 30.3 Å². The van der Waals surface area contributed by atoms with Gasteiger partial charge in [0.05, 0.1) is 0 Å². The summed E-state index contributed by atoms with van der Waals surface area (Å²) in [5.41, 5.74) is 0.877. The summed E-state index contributed by atoms with van der Waals surface area (Å²) in [4.78, 5) is 11.3.